The highest BCUT2D eigenvalue weighted by Gasteiger charge is 2.53. The molecule has 0 aliphatic heterocycles. The van der Waals surface area contributed by atoms with Crippen LogP contribution in [0.25, 0.3) is 11.0 Å². The molecule has 0 saturated heterocycles. The van der Waals surface area contributed by atoms with Crippen molar-refractivity contribution in [2.24, 2.45) is 23.2 Å². The van der Waals surface area contributed by atoms with Crippen LogP contribution in [0, 0.1) is 30.1 Å². The van der Waals surface area contributed by atoms with E-state index in [1.807, 2.05) is 19.1 Å². The van der Waals surface area contributed by atoms with Crippen LogP contribution >= 0.6 is 0 Å². The molecule has 4 fully saturated rings. The second-order valence-electron chi connectivity index (χ2n) is 9.76. The van der Waals surface area contributed by atoms with E-state index < -0.39 is 0 Å². The van der Waals surface area contributed by atoms with E-state index >= 15 is 0 Å². The van der Waals surface area contributed by atoms with Crippen molar-refractivity contribution in [3.05, 3.63) is 40.2 Å². The van der Waals surface area contributed by atoms with Crippen molar-refractivity contribution in [2.75, 3.05) is 6.61 Å². The number of hydrogen-bond donors (Lipinski definition) is 1. The second-order valence-corrected chi connectivity index (χ2v) is 9.76. The van der Waals surface area contributed by atoms with E-state index in [1.165, 1.54) is 44.6 Å². The van der Waals surface area contributed by atoms with Gasteiger partial charge in [-0.05, 0) is 93.2 Å². The van der Waals surface area contributed by atoms with Crippen molar-refractivity contribution in [1.82, 2.24) is 5.32 Å². The first kappa shape index (κ1) is 18.7. The van der Waals surface area contributed by atoms with Crippen molar-refractivity contribution in [3.63, 3.8) is 0 Å². The molecular weight excluding hydrogens is 366 g/mol. The summed E-state index contributed by atoms with van der Waals surface area (Å²) in [4.78, 5) is 24.2. The molecule has 4 bridgehead atoms. The number of ether oxygens (including phenoxy) is 1. The number of rotatable bonds is 5. The Morgan fingerprint density at radius 2 is 1.83 bits per heavy atom. The molecule has 1 aromatic carbocycles. The van der Waals surface area contributed by atoms with Gasteiger partial charge in [-0.15, -0.1) is 0 Å². The van der Waals surface area contributed by atoms with E-state index in [-0.39, 0.29) is 29.6 Å². The molecule has 1 heterocycles. The van der Waals surface area contributed by atoms with E-state index in [9.17, 15) is 9.59 Å². The van der Waals surface area contributed by atoms with Gasteiger partial charge in [-0.1, -0.05) is 0 Å². The summed E-state index contributed by atoms with van der Waals surface area (Å²) in [5.74, 6) is 3.05. The van der Waals surface area contributed by atoms with Crippen molar-refractivity contribution >= 4 is 16.9 Å². The monoisotopic (exact) mass is 395 g/mol. The molecule has 1 N–H and O–H groups in total. The lowest BCUT2D eigenvalue weighted by Crippen LogP contribution is -2.56. The molecule has 4 saturated carbocycles. The highest BCUT2D eigenvalue weighted by Crippen LogP contribution is 2.61. The number of hydrogen-bond acceptors (Lipinski definition) is 4. The van der Waals surface area contributed by atoms with Gasteiger partial charge in [0, 0.05) is 23.6 Å². The Hall–Kier alpha value is -2.30. The lowest BCUT2D eigenvalue weighted by Gasteiger charge is -2.59. The molecule has 29 heavy (non-hydrogen) atoms. The van der Waals surface area contributed by atoms with E-state index in [2.05, 4.69) is 12.2 Å². The summed E-state index contributed by atoms with van der Waals surface area (Å²) in [6, 6.07) is 7.01. The molecular formula is C24H29NO4. The van der Waals surface area contributed by atoms with Crippen LogP contribution in [0.5, 0.6) is 5.75 Å². The lowest BCUT2D eigenvalue weighted by molar-refractivity contribution is -0.127. The zero-order chi connectivity index (χ0) is 20.2. The number of fused-ring (bicyclic) bond motifs is 1. The fourth-order valence-electron chi connectivity index (χ4n) is 6.69. The minimum atomic E-state index is -0.380. The summed E-state index contributed by atoms with van der Waals surface area (Å²) in [7, 11) is 0. The van der Waals surface area contributed by atoms with Crippen LogP contribution in [0.3, 0.4) is 0 Å². The first-order chi connectivity index (χ1) is 13.9. The van der Waals surface area contributed by atoms with Crippen molar-refractivity contribution < 1.29 is 13.9 Å². The highest BCUT2D eigenvalue weighted by atomic mass is 16.5. The molecule has 1 atom stereocenters. The Bertz CT molecular complexity index is 972. The molecule has 4 aliphatic rings. The maximum Gasteiger partial charge on any atom is 0.336 e. The fraction of sp³-hybridized carbons (Fsp3) is 0.583. The summed E-state index contributed by atoms with van der Waals surface area (Å²) in [5, 5.41) is 4.10. The predicted molar refractivity (Wildman–Crippen MR) is 111 cm³/mol. The SMILES string of the molecule is Cc1cc(=O)oc2cc(OCC(=O)N[C@H](C)C34CC5CC(CC(C5)C3)C4)ccc12. The van der Waals surface area contributed by atoms with Gasteiger partial charge in [0.25, 0.3) is 5.91 Å². The van der Waals surface area contributed by atoms with Gasteiger partial charge in [0.2, 0.25) is 0 Å². The summed E-state index contributed by atoms with van der Waals surface area (Å²) in [6.07, 6.45) is 8.01. The van der Waals surface area contributed by atoms with Gasteiger partial charge in [0.1, 0.15) is 11.3 Å². The third kappa shape index (κ3) is 3.45. The zero-order valence-corrected chi connectivity index (χ0v) is 17.2. The first-order valence-corrected chi connectivity index (χ1v) is 10.9. The molecule has 1 aromatic heterocycles. The zero-order valence-electron chi connectivity index (χ0n) is 17.2. The highest BCUT2D eigenvalue weighted by molar-refractivity contribution is 5.81. The minimum absolute atomic E-state index is 0.0295. The summed E-state index contributed by atoms with van der Waals surface area (Å²) >= 11 is 0. The van der Waals surface area contributed by atoms with E-state index in [0.717, 1.165) is 28.7 Å². The van der Waals surface area contributed by atoms with Gasteiger partial charge in [-0.3, -0.25) is 4.79 Å². The van der Waals surface area contributed by atoms with Gasteiger partial charge in [0.05, 0.1) is 0 Å². The smallest absolute Gasteiger partial charge is 0.336 e. The van der Waals surface area contributed by atoms with Crippen LogP contribution in [-0.4, -0.2) is 18.6 Å². The molecule has 1 amide bonds. The predicted octanol–water partition coefficient (Wildman–Crippen LogP) is 4.20. The largest absolute Gasteiger partial charge is 0.484 e. The van der Waals surface area contributed by atoms with Gasteiger partial charge < -0.3 is 14.5 Å². The minimum Gasteiger partial charge on any atom is -0.484 e. The first-order valence-electron chi connectivity index (χ1n) is 10.9. The van der Waals surface area contributed by atoms with Gasteiger partial charge in [-0.25, -0.2) is 4.79 Å². The number of carbonyl (C=O) groups is 1. The Labute approximate surface area is 170 Å². The molecule has 5 heteroatoms. The molecule has 0 unspecified atom stereocenters. The summed E-state index contributed by atoms with van der Waals surface area (Å²) < 4.78 is 11.0. The molecule has 0 radical (unpaired) electrons. The molecule has 6 rings (SSSR count). The summed E-state index contributed by atoms with van der Waals surface area (Å²) in [6.45, 7) is 4.02. The number of carbonyl (C=O) groups excluding carboxylic acids is 1. The Kier molecular flexibility index (Phi) is 4.45. The van der Waals surface area contributed by atoms with Crippen LogP contribution in [-0.2, 0) is 4.79 Å². The van der Waals surface area contributed by atoms with Crippen molar-refractivity contribution in [3.8, 4) is 5.75 Å². The van der Waals surface area contributed by atoms with Crippen LogP contribution in [0.2, 0.25) is 0 Å². The summed E-state index contributed by atoms with van der Waals surface area (Å²) in [5.41, 5.74) is 1.25. The molecule has 154 valence electrons. The Balaban J connectivity index is 1.22. The van der Waals surface area contributed by atoms with Gasteiger partial charge >= 0.3 is 5.63 Å². The number of benzene rings is 1. The third-order valence-corrected chi connectivity index (χ3v) is 7.67. The molecule has 4 aliphatic carbocycles. The third-order valence-electron chi connectivity index (χ3n) is 7.67. The maximum atomic E-state index is 12.6. The van der Waals surface area contributed by atoms with Crippen LogP contribution in [0.1, 0.15) is 51.0 Å². The van der Waals surface area contributed by atoms with Crippen LogP contribution in [0.4, 0.5) is 0 Å². The van der Waals surface area contributed by atoms with E-state index in [4.69, 9.17) is 9.15 Å². The normalized spacial score (nSPS) is 31.0. The fourth-order valence-corrected chi connectivity index (χ4v) is 6.69. The number of nitrogens with one attached hydrogen (secondary N) is 1. The Morgan fingerprint density at radius 1 is 1.17 bits per heavy atom. The number of amides is 1. The average molecular weight is 395 g/mol. The van der Waals surface area contributed by atoms with E-state index in [0.29, 0.717) is 11.3 Å². The Morgan fingerprint density at radius 3 is 2.48 bits per heavy atom. The average Bonchev–Trinajstić information content (AvgIpc) is 2.65. The topological polar surface area (TPSA) is 68.5 Å². The quantitative estimate of drug-likeness (QED) is 0.771. The number of aryl methyl sites for hydroxylation is 1. The second kappa shape index (κ2) is 6.89. The van der Waals surface area contributed by atoms with Crippen molar-refractivity contribution in [2.45, 2.75) is 58.4 Å². The van der Waals surface area contributed by atoms with E-state index in [1.54, 1.807) is 6.07 Å². The molecule has 2 aromatic rings. The lowest BCUT2D eigenvalue weighted by atomic mass is 9.48. The van der Waals surface area contributed by atoms with Crippen LogP contribution < -0.4 is 15.7 Å². The van der Waals surface area contributed by atoms with Gasteiger partial charge in [0.15, 0.2) is 6.61 Å². The van der Waals surface area contributed by atoms with Crippen molar-refractivity contribution in [1.29, 1.82) is 0 Å². The van der Waals surface area contributed by atoms with Gasteiger partial charge in [-0.2, -0.15) is 0 Å². The van der Waals surface area contributed by atoms with Crippen LogP contribution in [0.15, 0.2) is 33.5 Å². The standard InChI is InChI=1S/C24H29NO4/c1-14-5-23(27)29-21-9-19(3-4-20(14)21)28-13-22(26)25-15(2)24-10-16-6-17(11-24)8-18(7-16)12-24/h3-5,9,15-18H,6-8,10-13H2,1-2H3,(H,25,26)/t15-,16?,17?,18?,24?/m1/s1. The maximum absolute atomic E-state index is 12.6. The molecule has 0 spiro atoms. The molecule has 5 nitrogen and oxygen atoms in total.